The second-order valence-electron chi connectivity index (χ2n) is 21.3. The molecular formula is C57H86N4O15. The van der Waals surface area contributed by atoms with Gasteiger partial charge in [0.1, 0.15) is 5.78 Å². The molecule has 1 aliphatic carbocycles. The number of likely N-dealkylation sites (N-methyl/N-ethyl adjacent to an activating group) is 1. The number of hydrogen-bond donors (Lipinski definition) is 1. The van der Waals surface area contributed by atoms with Crippen molar-refractivity contribution in [3.05, 3.63) is 48.0 Å². The average Bonchev–Trinajstić information content (AvgIpc) is 4.23. The second kappa shape index (κ2) is 30.9. The molecule has 0 aromatic heterocycles. The zero-order valence-corrected chi connectivity index (χ0v) is 46.3. The van der Waals surface area contributed by atoms with E-state index in [4.69, 9.17) is 28.4 Å². The van der Waals surface area contributed by atoms with Gasteiger partial charge in [-0.05, 0) is 61.8 Å². The molecule has 3 heterocycles. The number of imide groups is 1. The summed E-state index contributed by atoms with van der Waals surface area (Å²) in [5, 5.41) is 10.0. The Labute approximate surface area is 449 Å². The van der Waals surface area contributed by atoms with Gasteiger partial charge in [0, 0.05) is 70.7 Å². The predicted octanol–water partition coefficient (Wildman–Crippen LogP) is 4.80. The molecule has 19 nitrogen and oxygen atoms in total. The zero-order chi connectivity index (χ0) is 55.5. The average molecular weight is 1070 g/mol. The van der Waals surface area contributed by atoms with E-state index in [1.165, 1.54) is 26.4 Å². The van der Waals surface area contributed by atoms with Crippen LogP contribution in [-0.2, 0) is 73.2 Å². The normalized spacial score (nSPS) is 22.0. The van der Waals surface area contributed by atoms with E-state index in [1.807, 2.05) is 58.0 Å². The third-order valence-corrected chi connectivity index (χ3v) is 16.2. The van der Waals surface area contributed by atoms with Gasteiger partial charge in [-0.15, -0.1) is 0 Å². The van der Waals surface area contributed by atoms with Crippen LogP contribution in [0.3, 0.4) is 0 Å². The molecule has 0 radical (unpaired) electrons. The maximum absolute atomic E-state index is 14.8. The predicted molar refractivity (Wildman–Crippen MR) is 280 cm³/mol. The number of likely N-dealkylation sites (tertiary alicyclic amines) is 2. The molecule has 11 atom stereocenters. The van der Waals surface area contributed by atoms with E-state index in [1.54, 1.807) is 28.7 Å². The Bertz CT molecular complexity index is 2100. The van der Waals surface area contributed by atoms with Gasteiger partial charge in [-0.25, -0.2) is 0 Å². The van der Waals surface area contributed by atoms with Crippen molar-refractivity contribution >= 4 is 47.1 Å². The maximum Gasteiger partial charge on any atom is 0.307 e. The molecule has 1 N–H and O–H groups in total. The first-order chi connectivity index (χ1) is 36.4. The van der Waals surface area contributed by atoms with Gasteiger partial charge in [0.2, 0.25) is 17.7 Å². The number of carbonyl (C=O) groups is 8. The number of carbonyl (C=O) groups excluding carboxylic acids is 7. The first-order valence-corrected chi connectivity index (χ1v) is 27.5. The Hall–Kier alpha value is -4.92. The molecule has 1 aromatic carbocycles. The summed E-state index contributed by atoms with van der Waals surface area (Å²) in [6, 6.07) is 7.62. The van der Waals surface area contributed by atoms with Crippen LogP contribution in [0.15, 0.2) is 42.5 Å². The maximum atomic E-state index is 14.8. The molecule has 19 heteroatoms. The molecule has 3 fully saturated rings. The summed E-state index contributed by atoms with van der Waals surface area (Å²) in [6.07, 6.45) is 5.60. The number of piperidine rings is 1. The number of carboxylic acid groups (broad SMARTS) is 1. The summed E-state index contributed by atoms with van der Waals surface area (Å²) in [7, 11) is 4.78. The lowest BCUT2D eigenvalue weighted by molar-refractivity contribution is -0.150. The lowest BCUT2D eigenvalue weighted by Gasteiger charge is -2.41. The molecule has 76 heavy (non-hydrogen) atoms. The van der Waals surface area contributed by atoms with Crippen molar-refractivity contribution in [1.29, 1.82) is 0 Å². The molecule has 0 unspecified atom stereocenters. The van der Waals surface area contributed by atoms with Crippen molar-refractivity contribution in [2.24, 2.45) is 35.5 Å². The van der Waals surface area contributed by atoms with Crippen molar-refractivity contribution in [1.82, 2.24) is 19.6 Å². The molecule has 2 saturated heterocycles. The van der Waals surface area contributed by atoms with Crippen LogP contribution in [-0.4, -0.2) is 195 Å². The number of rotatable bonds is 36. The van der Waals surface area contributed by atoms with Gasteiger partial charge in [0.15, 0.2) is 5.78 Å². The van der Waals surface area contributed by atoms with Crippen LogP contribution in [0.1, 0.15) is 104 Å². The summed E-state index contributed by atoms with van der Waals surface area (Å²) in [6.45, 7) is 12.6. The van der Waals surface area contributed by atoms with E-state index in [2.05, 4.69) is 0 Å². The Morgan fingerprint density at radius 1 is 0.763 bits per heavy atom. The summed E-state index contributed by atoms with van der Waals surface area (Å²) >= 11 is 0. The number of Topliss-reactive ketones (excluding diaryl/α,β-unsaturated/α-hetero) is 2. The SMILES string of the molecule is CC[C@H](C)[C@@H]([C@@H](CC(=O)N1CCC[C@H]1[C@H](OC)[C@@H](C)C(=O)C[C@@H](Cc1ccccc1)C(=O)O)OC)N(C)C(=O)[C@@H](CC(=O)[C@@H]1[C@H]2CC[C@H](C2)N1C(=O)CCOCCOCCOCCOCCN1C(=O)C=CC1=O)C(C)C. The molecule has 2 bridgehead atoms. The molecule has 1 saturated carbocycles. The van der Waals surface area contributed by atoms with Gasteiger partial charge in [-0.1, -0.05) is 71.4 Å². The van der Waals surface area contributed by atoms with Gasteiger partial charge >= 0.3 is 5.97 Å². The summed E-state index contributed by atoms with van der Waals surface area (Å²) in [4.78, 5) is 113. The number of hydrogen-bond acceptors (Lipinski definition) is 14. The van der Waals surface area contributed by atoms with Crippen molar-refractivity contribution in [2.45, 2.75) is 142 Å². The number of ketones is 2. The lowest BCUT2D eigenvalue weighted by atomic mass is 9.83. The largest absolute Gasteiger partial charge is 0.481 e. The van der Waals surface area contributed by atoms with Crippen LogP contribution >= 0.6 is 0 Å². The third kappa shape index (κ3) is 16.8. The number of carboxylic acids is 1. The molecular weight excluding hydrogens is 981 g/mol. The van der Waals surface area contributed by atoms with E-state index >= 15 is 0 Å². The molecule has 0 spiro atoms. The number of ether oxygens (including phenoxy) is 6. The van der Waals surface area contributed by atoms with E-state index < -0.39 is 54.1 Å². The van der Waals surface area contributed by atoms with E-state index in [-0.39, 0.29) is 123 Å². The van der Waals surface area contributed by atoms with E-state index in [0.29, 0.717) is 58.8 Å². The van der Waals surface area contributed by atoms with Gasteiger partial charge in [0.25, 0.3) is 11.8 Å². The van der Waals surface area contributed by atoms with Crippen molar-refractivity contribution < 1.29 is 71.9 Å². The Kier molecular flexibility index (Phi) is 25.2. The van der Waals surface area contributed by atoms with E-state index in [9.17, 15) is 43.5 Å². The Morgan fingerprint density at radius 2 is 1.38 bits per heavy atom. The lowest BCUT2D eigenvalue weighted by Crippen LogP contribution is -2.54. The minimum absolute atomic E-state index is 0.0280. The van der Waals surface area contributed by atoms with Crippen LogP contribution in [0, 0.1) is 35.5 Å². The quantitative estimate of drug-likeness (QED) is 0.0704. The number of methoxy groups -OCH3 is 2. The highest BCUT2D eigenvalue weighted by molar-refractivity contribution is 6.12. The second-order valence-corrected chi connectivity index (χ2v) is 21.3. The highest BCUT2D eigenvalue weighted by atomic mass is 16.6. The van der Waals surface area contributed by atoms with Crippen LogP contribution < -0.4 is 0 Å². The number of aliphatic carboxylic acids is 1. The molecule has 3 aliphatic heterocycles. The smallest absolute Gasteiger partial charge is 0.307 e. The third-order valence-electron chi connectivity index (χ3n) is 16.2. The van der Waals surface area contributed by atoms with Crippen LogP contribution in [0.5, 0.6) is 0 Å². The molecule has 5 rings (SSSR count). The summed E-state index contributed by atoms with van der Waals surface area (Å²) < 4.78 is 34.3. The van der Waals surface area contributed by atoms with Crippen LogP contribution in [0.4, 0.5) is 0 Å². The monoisotopic (exact) mass is 1070 g/mol. The zero-order valence-electron chi connectivity index (χ0n) is 46.3. The fourth-order valence-electron chi connectivity index (χ4n) is 11.7. The van der Waals surface area contributed by atoms with Crippen molar-refractivity contribution in [2.75, 3.05) is 87.2 Å². The first-order valence-electron chi connectivity index (χ1n) is 27.5. The topological polar surface area (TPSA) is 225 Å². The van der Waals surface area contributed by atoms with Crippen LogP contribution in [0.2, 0.25) is 0 Å². The Morgan fingerprint density at radius 3 is 1.96 bits per heavy atom. The molecule has 4 aliphatic rings. The molecule has 5 amide bonds. The fourth-order valence-corrected chi connectivity index (χ4v) is 11.7. The van der Waals surface area contributed by atoms with Gasteiger partial charge in [-0.3, -0.25) is 43.3 Å². The summed E-state index contributed by atoms with van der Waals surface area (Å²) in [5.74, 6) is -5.20. The van der Waals surface area contributed by atoms with Crippen LogP contribution in [0.25, 0.3) is 0 Å². The number of benzene rings is 1. The molecule has 424 valence electrons. The van der Waals surface area contributed by atoms with Crippen molar-refractivity contribution in [3.8, 4) is 0 Å². The highest BCUT2D eigenvalue weighted by Crippen LogP contribution is 2.44. The van der Waals surface area contributed by atoms with Gasteiger partial charge in [-0.2, -0.15) is 0 Å². The van der Waals surface area contributed by atoms with Gasteiger partial charge in [0.05, 0.1) is 108 Å². The minimum atomic E-state index is -1.05. The van der Waals surface area contributed by atoms with Gasteiger partial charge < -0.3 is 48.2 Å². The number of nitrogens with zero attached hydrogens (tertiary/aromatic N) is 4. The molecule has 1 aromatic rings. The standard InChI is InChI=1S/C57H86N4O15/c1-9-38(4)53(48(71-7)36-52(67)59-22-13-16-45(59)55(72-8)39(5)46(62)34-42(57(69)70)32-40-14-11-10-12-15-40)58(6)56(68)44(37(2)3)35-47(63)54-41-17-18-43(33-41)61(54)51(66)21-24-73-26-28-75-30-31-76-29-27-74-25-23-60-49(64)19-20-50(60)65/h10-12,14-15,19-20,37-39,41-45,48,53-55H,9,13,16-18,21-36H2,1-8H3,(H,69,70)/t38-,39-,41-,42+,43+,44-,45-,48+,53-,54-,55+/m0/s1. The number of amides is 5. The van der Waals surface area contributed by atoms with E-state index in [0.717, 1.165) is 29.7 Å². The Balaban J connectivity index is 1.10. The minimum Gasteiger partial charge on any atom is -0.481 e. The summed E-state index contributed by atoms with van der Waals surface area (Å²) in [5.41, 5.74) is 0.830. The highest BCUT2D eigenvalue weighted by Gasteiger charge is 2.52. The number of fused-ring (bicyclic) bond motifs is 2. The van der Waals surface area contributed by atoms with Crippen molar-refractivity contribution in [3.63, 3.8) is 0 Å². The fraction of sp³-hybridized carbons (Fsp3) is 0.719. The first kappa shape index (κ1) is 61.9.